The first-order valence-corrected chi connectivity index (χ1v) is 10.8. The lowest BCUT2D eigenvalue weighted by molar-refractivity contribution is 0.112. The summed E-state index contributed by atoms with van der Waals surface area (Å²) < 4.78 is 12.5. The van der Waals surface area contributed by atoms with E-state index in [1.807, 2.05) is 47.2 Å². The third-order valence-electron chi connectivity index (χ3n) is 5.89. The van der Waals surface area contributed by atoms with Gasteiger partial charge in [0.25, 0.3) is 0 Å². The van der Waals surface area contributed by atoms with Gasteiger partial charge in [-0.25, -0.2) is 4.68 Å². The lowest BCUT2D eigenvalue weighted by atomic mass is 10.0. The number of benzene rings is 2. The standard InChI is InChI=1S/C24H30N6O2/c1-4-13-28-14-16-29(17-15-28)23(20-7-11-22(32-3)12-8-20)24-25-26-27-30(24)18-19-5-9-21(31-2)10-6-19/h4-12,23H,1,13-18H2,2-3H3/t23-/m1/s1. The minimum atomic E-state index is -0.0416. The molecule has 1 saturated heterocycles. The zero-order chi connectivity index (χ0) is 22.3. The average Bonchev–Trinajstić information content (AvgIpc) is 3.29. The van der Waals surface area contributed by atoms with Crippen molar-refractivity contribution in [2.24, 2.45) is 0 Å². The van der Waals surface area contributed by atoms with Crippen LogP contribution in [0.5, 0.6) is 11.5 Å². The quantitative estimate of drug-likeness (QED) is 0.480. The van der Waals surface area contributed by atoms with E-state index < -0.39 is 0 Å². The van der Waals surface area contributed by atoms with Gasteiger partial charge >= 0.3 is 0 Å². The fourth-order valence-electron chi connectivity index (χ4n) is 4.12. The Balaban J connectivity index is 1.62. The molecule has 0 N–H and O–H groups in total. The number of piperazine rings is 1. The van der Waals surface area contributed by atoms with Crippen molar-refractivity contribution >= 4 is 0 Å². The molecule has 1 aliphatic heterocycles. The largest absolute Gasteiger partial charge is 0.497 e. The molecule has 2 heterocycles. The van der Waals surface area contributed by atoms with Crippen LogP contribution in [-0.2, 0) is 6.54 Å². The highest BCUT2D eigenvalue weighted by molar-refractivity contribution is 5.32. The molecular weight excluding hydrogens is 404 g/mol. The summed E-state index contributed by atoms with van der Waals surface area (Å²) in [5.74, 6) is 2.50. The van der Waals surface area contributed by atoms with Crippen molar-refractivity contribution < 1.29 is 9.47 Å². The summed E-state index contributed by atoms with van der Waals surface area (Å²) in [5.41, 5.74) is 2.26. The van der Waals surface area contributed by atoms with Crippen LogP contribution in [0.1, 0.15) is 23.0 Å². The number of rotatable bonds is 9. The number of methoxy groups -OCH3 is 2. The molecule has 0 saturated carbocycles. The normalized spacial score (nSPS) is 15.9. The molecule has 4 rings (SSSR count). The van der Waals surface area contributed by atoms with Gasteiger partial charge in [-0.2, -0.15) is 0 Å². The van der Waals surface area contributed by atoms with E-state index in [4.69, 9.17) is 9.47 Å². The molecule has 8 heteroatoms. The summed E-state index contributed by atoms with van der Waals surface area (Å²) in [6.07, 6.45) is 1.96. The van der Waals surface area contributed by atoms with Gasteiger partial charge in [-0.1, -0.05) is 30.3 Å². The first kappa shape index (κ1) is 22.0. The number of aromatic nitrogens is 4. The van der Waals surface area contributed by atoms with Crippen molar-refractivity contribution in [1.82, 2.24) is 30.0 Å². The van der Waals surface area contributed by atoms with Crippen LogP contribution in [0.25, 0.3) is 0 Å². The van der Waals surface area contributed by atoms with Gasteiger partial charge in [-0.05, 0) is 45.8 Å². The van der Waals surface area contributed by atoms with Crippen molar-refractivity contribution in [3.05, 3.63) is 78.1 Å². The Morgan fingerprint density at radius 2 is 1.56 bits per heavy atom. The molecule has 0 amide bonds. The van der Waals surface area contributed by atoms with Crippen molar-refractivity contribution in [3.63, 3.8) is 0 Å². The van der Waals surface area contributed by atoms with Crippen LogP contribution >= 0.6 is 0 Å². The number of hydrogen-bond acceptors (Lipinski definition) is 7. The molecule has 3 aromatic rings. The second-order valence-corrected chi connectivity index (χ2v) is 7.84. The van der Waals surface area contributed by atoms with E-state index in [-0.39, 0.29) is 6.04 Å². The van der Waals surface area contributed by atoms with Gasteiger partial charge < -0.3 is 9.47 Å². The molecule has 32 heavy (non-hydrogen) atoms. The van der Waals surface area contributed by atoms with Crippen molar-refractivity contribution in [1.29, 1.82) is 0 Å². The maximum Gasteiger partial charge on any atom is 0.173 e. The zero-order valence-corrected chi connectivity index (χ0v) is 18.7. The fraction of sp³-hybridized carbons (Fsp3) is 0.375. The lowest BCUT2D eigenvalue weighted by Gasteiger charge is -2.38. The van der Waals surface area contributed by atoms with Crippen LogP contribution < -0.4 is 9.47 Å². The van der Waals surface area contributed by atoms with Gasteiger partial charge in [0.15, 0.2) is 5.82 Å². The highest BCUT2D eigenvalue weighted by Gasteiger charge is 2.30. The van der Waals surface area contributed by atoms with E-state index in [0.717, 1.165) is 61.2 Å². The molecule has 8 nitrogen and oxygen atoms in total. The van der Waals surface area contributed by atoms with Gasteiger partial charge in [0, 0.05) is 32.7 Å². The van der Waals surface area contributed by atoms with E-state index in [0.29, 0.717) is 6.54 Å². The molecule has 1 aromatic heterocycles. The molecule has 0 unspecified atom stereocenters. The second kappa shape index (κ2) is 10.4. The van der Waals surface area contributed by atoms with Crippen LogP contribution in [-0.4, -0.2) is 77.0 Å². The molecule has 0 aliphatic carbocycles. The first-order chi connectivity index (χ1) is 15.7. The Bertz CT molecular complexity index is 994. The highest BCUT2D eigenvalue weighted by atomic mass is 16.5. The van der Waals surface area contributed by atoms with Crippen LogP contribution in [0.2, 0.25) is 0 Å². The van der Waals surface area contributed by atoms with E-state index in [1.165, 1.54) is 0 Å². The van der Waals surface area contributed by atoms with Crippen molar-refractivity contribution in [2.75, 3.05) is 46.9 Å². The third kappa shape index (κ3) is 4.98. The van der Waals surface area contributed by atoms with Crippen LogP contribution in [0.15, 0.2) is 61.2 Å². The minimum Gasteiger partial charge on any atom is -0.497 e. The Labute approximate surface area is 189 Å². The minimum absolute atomic E-state index is 0.0416. The zero-order valence-electron chi connectivity index (χ0n) is 18.7. The van der Waals surface area contributed by atoms with E-state index in [9.17, 15) is 0 Å². The Morgan fingerprint density at radius 3 is 2.16 bits per heavy atom. The lowest BCUT2D eigenvalue weighted by Crippen LogP contribution is -2.48. The molecule has 1 fully saturated rings. The summed E-state index contributed by atoms with van der Waals surface area (Å²) in [5, 5.41) is 12.8. The average molecular weight is 435 g/mol. The number of ether oxygens (including phenoxy) is 2. The van der Waals surface area contributed by atoms with Crippen LogP contribution in [0.4, 0.5) is 0 Å². The predicted molar refractivity (Wildman–Crippen MR) is 123 cm³/mol. The first-order valence-electron chi connectivity index (χ1n) is 10.8. The van der Waals surface area contributed by atoms with Gasteiger partial charge in [0.05, 0.1) is 26.8 Å². The fourth-order valence-corrected chi connectivity index (χ4v) is 4.12. The highest BCUT2D eigenvalue weighted by Crippen LogP contribution is 2.29. The molecule has 0 bridgehead atoms. The molecule has 1 aliphatic rings. The molecule has 0 radical (unpaired) electrons. The summed E-state index contributed by atoms with van der Waals surface area (Å²) in [6, 6.07) is 16.2. The van der Waals surface area contributed by atoms with Gasteiger partial charge in [0.2, 0.25) is 0 Å². The monoisotopic (exact) mass is 434 g/mol. The maximum atomic E-state index is 5.36. The van der Waals surface area contributed by atoms with E-state index in [2.05, 4.69) is 44.0 Å². The third-order valence-corrected chi connectivity index (χ3v) is 5.89. The maximum absolute atomic E-state index is 5.36. The van der Waals surface area contributed by atoms with Crippen molar-refractivity contribution in [3.8, 4) is 11.5 Å². The molecule has 0 spiro atoms. The van der Waals surface area contributed by atoms with Crippen LogP contribution in [0.3, 0.4) is 0 Å². The number of hydrogen-bond donors (Lipinski definition) is 0. The topological polar surface area (TPSA) is 68.5 Å². The Morgan fingerprint density at radius 1 is 0.938 bits per heavy atom. The number of nitrogens with zero attached hydrogens (tertiary/aromatic N) is 6. The summed E-state index contributed by atoms with van der Waals surface area (Å²) in [4.78, 5) is 4.87. The Hall–Kier alpha value is -3.23. The summed E-state index contributed by atoms with van der Waals surface area (Å²) in [7, 11) is 3.35. The Kier molecular flexibility index (Phi) is 7.14. The smallest absolute Gasteiger partial charge is 0.173 e. The van der Waals surface area contributed by atoms with Crippen molar-refractivity contribution in [2.45, 2.75) is 12.6 Å². The second-order valence-electron chi connectivity index (χ2n) is 7.84. The van der Waals surface area contributed by atoms with Gasteiger partial charge in [-0.3, -0.25) is 9.80 Å². The van der Waals surface area contributed by atoms with Crippen LogP contribution in [0, 0.1) is 0 Å². The molecular formula is C24H30N6O2. The summed E-state index contributed by atoms with van der Waals surface area (Å²) >= 11 is 0. The van der Waals surface area contributed by atoms with E-state index >= 15 is 0 Å². The van der Waals surface area contributed by atoms with Gasteiger partial charge in [0.1, 0.15) is 11.5 Å². The van der Waals surface area contributed by atoms with Gasteiger partial charge in [-0.15, -0.1) is 11.7 Å². The molecule has 1 atom stereocenters. The molecule has 168 valence electrons. The SMILES string of the molecule is C=CCN1CCN([C@H](c2ccc(OC)cc2)c2nnnn2Cc2ccc(OC)cc2)CC1. The van der Waals surface area contributed by atoms with E-state index in [1.54, 1.807) is 14.2 Å². The number of tetrazole rings is 1. The molecule has 2 aromatic carbocycles. The summed E-state index contributed by atoms with van der Waals surface area (Å²) in [6.45, 7) is 9.21. The predicted octanol–water partition coefficient (Wildman–Crippen LogP) is 2.63.